The van der Waals surface area contributed by atoms with Crippen LogP contribution in [0.2, 0.25) is 0 Å². The van der Waals surface area contributed by atoms with E-state index in [1.807, 2.05) is 0 Å². The number of halogens is 1. The van der Waals surface area contributed by atoms with Gasteiger partial charge in [-0.3, -0.25) is 4.79 Å². The zero-order valence-corrected chi connectivity index (χ0v) is 12.9. The molecular formula is C13H16FNO4S2. The maximum atomic E-state index is 13.0. The Morgan fingerprint density at radius 1 is 1.19 bits per heavy atom. The molecule has 3 fully saturated rings. The number of carboxylic acid groups (broad SMARTS) is 1. The molecule has 21 heavy (non-hydrogen) atoms. The van der Waals surface area contributed by atoms with E-state index < -0.39 is 32.1 Å². The van der Waals surface area contributed by atoms with Crippen molar-refractivity contribution in [2.45, 2.75) is 48.3 Å². The molecule has 0 unspecified atom stereocenters. The maximum absolute atomic E-state index is 13.0. The highest BCUT2D eigenvalue weighted by molar-refractivity contribution is 7.91. The molecule has 0 atom stereocenters. The summed E-state index contributed by atoms with van der Waals surface area (Å²) in [6.45, 7) is 0. The van der Waals surface area contributed by atoms with Crippen molar-refractivity contribution in [3.63, 3.8) is 0 Å². The van der Waals surface area contributed by atoms with Crippen LogP contribution in [0.1, 0.15) is 38.5 Å². The van der Waals surface area contributed by atoms with Crippen molar-refractivity contribution in [1.29, 1.82) is 0 Å². The van der Waals surface area contributed by atoms with Crippen LogP contribution in [0.3, 0.4) is 0 Å². The summed E-state index contributed by atoms with van der Waals surface area (Å²) in [5.41, 5.74) is -1.25. The highest BCUT2D eigenvalue weighted by atomic mass is 32.2. The van der Waals surface area contributed by atoms with E-state index in [4.69, 9.17) is 0 Å². The minimum absolute atomic E-state index is 0.0324. The first-order valence-corrected chi connectivity index (χ1v) is 9.10. The van der Waals surface area contributed by atoms with Crippen molar-refractivity contribution in [1.82, 2.24) is 4.72 Å². The van der Waals surface area contributed by atoms with Crippen LogP contribution in [0, 0.1) is 10.5 Å². The Morgan fingerprint density at radius 3 is 2.19 bits per heavy atom. The van der Waals surface area contributed by atoms with E-state index in [9.17, 15) is 22.7 Å². The Bertz CT molecular complexity index is 658. The number of rotatable bonds is 4. The van der Waals surface area contributed by atoms with Crippen molar-refractivity contribution in [3.8, 4) is 0 Å². The number of fused-ring (bicyclic) bond motifs is 3. The lowest BCUT2D eigenvalue weighted by Crippen LogP contribution is -2.58. The number of sulfonamides is 1. The summed E-state index contributed by atoms with van der Waals surface area (Å²) in [5.74, 6) is -0.779. The van der Waals surface area contributed by atoms with Crippen LogP contribution in [0.25, 0.3) is 0 Å². The van der Waals surface area contributed by atoms with E-state index in [-0.39, 0.29) is 4.21 Å². The zero-order valence-electron chi connectivity index (χ0n) is 11.3. The fourth-order valence-electron chi connectivity index (χ4n) is 3.44. The quantitative estimate of drug-likeness (QED) is 0.886. The van der Waals surface area contributed by atoms with Gasteiger partial charge < -0.3 is 5.11 Å². The van der Waals surface area contributed by atoms with E-state index in [0.717, 1.165) is 6.07 Å². The molecule has 3 saturated carbocycles. The Labute approximate surface area is 126 Å². The third-order valence-corrected chi connectivity index (χ3v) is 7.81. The first-order valence-electron chi connectivity index (χ1n) is 6.80. The molecule has 0 aliphatic heterocycles. The zero-order chi connectivity index (χ0) is 15.3. The molecule has 1 aromatic heterocycles. The summed E-state index contributed by atoms with van der Waals surface area (Å²) >= 11 is 0.598. The normalized spacial score (nSPS) is 32.2. The predicted molar refractivity (Wildman–Crippen MR) is 75.1 cm³/mol. The third kappa shape index (κ3) is 2.49. The van der Waals surface area contributed by atoms with Crippen LogP contribution >= 0.6 is 11.3 Å². The van der Waals surface area contributed by atoms with Crippen molar-refractivity contribution in [2.24, 2.45) is 5.41 Å². The van der Waals surface area contributed by atoms with Gasteiger partial charge in [-0.2, -0.15) is 4.39 Å². The molecule has 0 aromatic carbocycles. The second-order valence-corrected chi connectivity index (χ2v) is 8.97. The summed E-state index contributed by atoms with van der Waals surface area (Å²) in [6, 6.07) is 2.39. The van der Waals surface area contributed by atoms with Gasteiger partial charge in [0.2, 0.25) is 0 Å². The molecule has 116 valence electrons. The highest BCUT2D eigenvalue weighted by Gasteiger charge is 2.53. The summed E-state index contributed by atoms with van der Waals surface area (Å²) in [6.07, 6.45) is 3.03. The lowest BCUT2D eigenvalue weighted by Gasteiger charge is -2.51. The second-order valence-electron chi connectivity index (χ2n) is 6.03. The first-order chi connectivity index (χ1) is 9.77. The topological polar surface area (TPSA) is 83.5 Å². The van der Waals surface area contributed by atoms with Gasteiger partial charge in [0.1, 0.15) is 4.21 Å². The predicted octanol–water partition coefficient (Wildman–Crippen LogP) is 2.34. The van der Waals surface area contributed by atoms with Crippen molar-refractivity contribution in [3.05, 3.63) is 17.3 Å². The van der Waals surface area contributed by atoms with Gasteiger partial charge >= 0.3 is 5.97 Å². The highest BCUT2D eigenvalue weighted by Crippen LogP contribution is 2.52. The average molecular weight is 333 g/mol. The van der Waals surface area contributed by atoms with Gasteiger partial charge in [-0.1, -0.05) is 11.3 Å². The fraction of sp³-hybridized carbons (Fsp3) is 0.615. The summed E-state index contributed by atoms with van der Waals surface area (Å²) in [5, 5.41) is 8.80. The van der Waals surface area contributed by atoms with Crippen LogP contribution in [0.5, 0.6) is 0 Å². The molecule has 3 aliphatic carbocycles. The largest absolute Gasteiger partial charge is 0.481 e. The van der Waals surface area contributed by atoms with Crippen LogP contribution in [-0.4, -0.2) is 25.0 Å². The molecule has 5 nitrogen and oxygen atoms in total. The smallest absolute Gasteiger partial charge is 0.309 e. The van der Waals surface area contributed by atoms with Crippen molar-refractivity contribution < 1.29 is 22.7 Å². The van der Waals surface area contributed by atoms with Gasteiger partial charge in [-0.05, 0) is 50.7 Å². The minimum Gasteiger partial charge on any atom is -0.481 e. The van der Waals surface area contributed by atoms with Crippen LogP contribution in [-0.2, 0) is 14.8 Å². The van der Waals surface area contributed by atoms with Crippen LogP contribution < -0.4 is 4.72 Å². The first kappa shape index (κ1) is 14.9. The molecule has 0 amide bonds. The van der Waals surface area contributed by atoms with E-state index in [1.54, 1.807) is 0 Å². The standard InChI is InChI=1S/C13H16FNO4S2/c14-9-1-2-10(20-9)21(18,19)15-13-6-3-12(4-7-13,5-8-13)11(16)17/h1-2,15H,3-8H2,(H,16,17). The van der Waals surface area contributed by atoms with Gasteiger partial charge in [0, 0.05) is 5.54 Å². The Balaban J connectivity index is 1.79. The lowest BCUT2D eigenvalue weighted by molar-refractivity contribution is -0.156. The molecule has 3 aliphatic rings. The molecule has 2 bridgehead atoms. The molecule has 4 rings (SSSR count). The van der Waals surface area contributed by atoms with Gasteiger partial charge in [-0.25, -0.2) is 13.1 Å². The average Bonchev–Trinajstić information content (AvgIpc) is 2.87. The van der Waals surface area contributed by atoms with Crippen molar-refractivity contribution >= 4 is 27.3 Å². The molecule has 2 N–H and O–H groups in total. The molecule has 0 saturated heterocycles. The molecule has 1 aromatic rings. The second kappa shape index (κ2) is 4.76. The number of thiophene rings is 1. The SMILES string of the molecule is O=C(O)C12CCC(NS(=O)(=O)c3ccc(F)s3)(CC1)CC2. The Hall–Kier alpha value is -0.990. The number of carboxylic acids is 1. The van der Waals surface area contributed by atoms with E-state index in [1.165, 1.54) is 6.07 Å². The van der Waals surface area contributed by atoms with Crippen molar-refractivity contribution in [2.75, 3.05) is 0 Å². The van der Waals surface area contributed by atoms with Gasteiger partial charge in [0.15, 0.2) is 5.13 Å². The fourth-order valence-corrected chi connectivity index (χ4v) is 5.93. The Kier molecular flexibility index (Phi) is 3.38. The van der Waals surface area contributed by atoms with Crippen LogP contribution in [0.15, 0.2) is 16.3 Å². The van der Waals surface area contributed by atoms with E-state index >= 15 is 0 Å². The molecule has 0 spiro atoms. The number of carbonyl (C=O) groups is 1. The van der Waals surface area contributed by atoms with Gasteiger partial charge in [-0.15, -0.1) is 0 Å². The van der Waals surface area contributed by atoms with Gasteiger partial charge in [0.05, 0.1) is 5.41 Å². The number of hydrogen-bond donors (Lipinski definition) is 2. The molecular weight excluding hydrogens is 317 g/mol. The summed E-state index contributed by atoms with van der Waals surface area (Å²) in [4.78, 5) is 11.4. The number of aliphatic carboxylic acids is 1. The molecule has 0 radical (unpaired) electrons. The number of hydrogen-bond acceptors (Lipinski definition) is 4. The third-order valence-electron chi connectivity index (χ3n) is 4.86. The van der Waals surface area contributed by atoms with Crippen LogP contribution in [0.4, 0.5) is 4.39 Å². The monoisotopic (exact) mass is 333 g/mol. The van der Waals surface area contributed by atoms with Gasteiger partial charge in [0.25, 0.3) is 10.0 Å². The summed E-state index contributed by atoms with van der Waals surface area (Å²) < 4.78 is 40.3. The van der Waals surface area contributed by atoms with E-state index in [2.05, 4.69) is 4.72 Å². The molecule has 1 heterocycles. The minimum atomic E-state index is -3.74. The van der Waals surface area contributed by atoms with E-state index in [0.29, 0.717) is 49.9 Å². The maximum Gasteiger partial charge on any atom is 0.309 e. The number of nitrogens with one attached hydrogen (secondary N) is 1. The molecule has 8 heteroatoms. The lowest BCUT2D eigenvalue weighted by atomic mass is 9.57. The summed E-state index contributed by atoms with van der Waals surface area (Å²) in [7, 11) is -3.74. The Morgan fingerprint density at radius 2 is 1.76 bits per heavy atom.